The minimum Gasteiger partial charge on any atom is -0.461 e. The highest BCUT2D eigenvalue weighted by Crippen LogP contribution is 2.38. The molecule has 3 rings (SSSR count). The van der Waals surface area contributed by atoms with Crippen molar-refractivity contribution in [2.75, 3.05) is 6.61 Å². The molecule has 0 amide bonds. The first-order valence-electron chi connectivity index (χ1n) is 8.67. The van der Waals surface area contributed by atoms with Gasteiger partial charge in [-0.3, -0.25) is 9.89 Å². The highest BCUT2D eigenvalue weighted by Gasteiger charge is 2.27. The molecule has 6 nitrogen and oxygen atoms in total. The lowest BCUT2D eigenvalue weighted by atomic mass is 9.72. The average molecular weight is 331 g/mol. The normalized spacial score (nSPS) is 18.0. The second kappa shape index (κ2) is 6.42. The molecule has 6 heteroatoms. The largest absolute Gasteiger partial charge is 0.461 e. The van der Waals surface area contributed by atoms with Crippen LogP contribution in [0, 0.1) is 11.3 Å². The van der Waals surface area contributed by atoms with Crippen LogP contribution in [0.4, 0.5) is 0 Å². The second-order valence-electron chi connectivity index (χ2n) is 7.48. The monoisotopic (exact) mass is 331 g/mol. The Labute approximate surface area is 141 Å². The Kier molecular flexibility index (Phi) is 4.47. The molecule has 1 aliphatic carbocycles. The third-order valence-electron chi connectivity index (χ3n) is 4.96. The number of nitrogens with zero attached hydrogens (tertiary/aromatic N) is 2. The molecule has 0 spiro atoms. The highest BCUT2D eigenvalue weighted by atomic mass is 16.5. The zero-order chi connectivity index (χ0) is 17.3. The molecule has 2 aromatic heterocycles. The van der Waals surface area contributed by atoms with Crippen LogP contribution in [0.2, 0.25) is 0 Å². The van der Waals surface area contributed by atoms with Crippen LogP contribution in [0.15, 0.2) is 16.9 Å². The molecule has 0 unspecified atom stereocenters. The number of aromatic nitrogens is 3. The van der Waals surface area contributed by atoms with Gasteiger partial charge in [-0.05, 0) is 50.4 Å². The van der Waals surface area contributed by atoms with E-state index in [0.717, 1.165) is 12.1 Å². The van der Waals surface area contributed by atoms with Crippen LogP contribution in [0.1, 0.15) is 62.6 Å². The molecule has 0 atom stereocenters. The summed E-state index contributed by atoms with van der Waals surface area (Å²) in [7, 11) is 0. The van der Waals surface area contributed by atoms with Gasteiger partial charge in [-0.15, -0.1) is 0 Å². The molecule has 1 fully saturated rings. The van der Waals surface area contributed by atoms with Crippen LogP contribution >= 0.6 is 0 Å². The van der Waals surface area contributed by atoms with E-state index in [-0.39, 0.29) is 11.3 Å². The van der Waals surface area contributed by atoms with Crippen molar-refractivity contribution in [2.45, 2.75) is 52.9 Å². The number of esters is 1. The Bertz CT molecular complexity index is 793. The van der Waals surface area contributed by atoms with Crippen LogP contribution in [0.3, 0.4) is 0 Å². The van der Waals surface area contributed by atoms with Gasteiger partial charge in [0.15, 0.2) is 5.65 Å². The molecule has 2 aromatic rings. The number of carbonyl (C=O) groups is 1. The van der Waals surface area contributed by atoms with Crippen molar-refractivity contribution >= 4 is 11.6 Å². The van der Waals surface area contributed by atoms with Crippen molar-refractivity contribution in [3.05, 3.63) is 33.9 Å². The zero-order valence-corrected chi connectivity index (χ0v) is 14.6. The fourth-order valence-electron chi connectivity index (χ4n) is 3.42. The Balaban J connectivity index is 1.80. The van der Waals surface area contributed by atoms with Crippen molar-refractivity contribution in [2.24, 2.45) is 11.3 Å². The molecule has 2 heterocycles. The van der Waals surface area contributed by atoms with Gasteiger partial charge in [0, 0.05) is 17.8 Å². The first-order valence-corrected chi connectivity index (χ1v) is 8.67. The fourth-order valence-corrected chi connectivity index (χ4v) is 3.42. The fraction of sp³-hybridized carbons (Fsp3) is 0.611. The molecule has 0 aliphatic heterocycles. The van der Waals surface area contributed by atoms with Crippen molar-refractivity contribution in [1.82, 2.24) is 14.6 Å². The van der Waals surface area contributed by atoms with Crippen LogP contribution < -0.4 is 5.56 Å². The van der Waals surface area contributed by atoms with Crippen LogP contribution in [0.25, 0.3) is 5.65 Å². The van der Waals surface area contributed by atoms with E-state index in [1.807, 2.05) is 0 Å². The third kappa shape index (κ3) is 3.52. The summed E-state index contributed by atoms with van der Waals surface area (Å²) in [6.07, 6.45) is 5.61. The Morgan fingerprint density at radius 3 is 2.75 bits per heavy atom. The number of H-pyrrole nitrogens is 1. The summed E-state index contributed by atoms with van der Waals surface area (Å²) in [5.74, 6) is 0.106. The third-order valence-corrected chi connectivity index (χ3v) is 4.96. The minimum absolute atomic E-state index is 0.193. The Morgan fingerprint density at radius 1 is 1.38 bits per heavy atom. The maximum Gasteiger partial charge on any atom is 0.356 e. The summed E-state index contributed by atoms with van der Waals surface area (Å²) < 4.78 is 6.25. The number of aromatic amines is 1. The molecular weight excluding hydrogens is 306 g/mol. The molecule has 1 aliphatic rings. The van der Waals surface area contributed by atoms with E-state index in [1.165, 1.54) is 30.2 Å². The summed E-state index contributed by atoms with van der Waals surface area (Å²) in [5, 5.41) is 2.76. The number of hydrogen-bond acceptors (Lipinski definition) is 4. The Morgan fingerprint density at radius 2 is 2.08 bits per heavy atom. The van der Waals surface area contributed by atoms with Gasteiger partial charge in [0.05, 0.1) is 6.61 Å². The van der Waals surface area contributed by atoms with Crippen molar-refractivity contribution in [1.29, 1.82) is 0 Å². The molecule has 0 aromatic carbocycles. The van der Waals surface area contributed by atoms with Gasteiger partial charge >= 0.3 is 5.97 Å². The van der Waals surface area contributed by atoms with Gasteiger partial charge in [0.25, 0.3) is 5.56 Å². The number of hydrogen-bond donors (Lipinski definition) is 1. The van der Waals surface area contributed by atoms with Crippen molar-refractivity contribution in [3.8, 4) is 0 Å². The molecule has 0 bridgehead atoms. The number of ether oxygens (including phenoxy) is 1. The number of rotatable bonds is 4. The summed E-state index contributed by atoms with van der Waals surface area (Å²) in [6.45, 7) is 6.67. The second-order valence-corrected chi connectivity index (χ2v) is 7.48. The lowest BCUT2D eigenvalue weighted by molar-refractivity contribution is 0.0519. The van der Waals surface area contributed by atoms with E-state index in [2.05, 4.69) is 23.9 Å². The lowest BCUT2D eigenvalue weighted by Crippen LogP contribution is -2.23. The van der Waals surface area contributed by atoms with Crippen molar-refractivity contribution < 1.29 is 9.53 Å². The molecule has 24 heavy (non-hydrogen) atoms. The average Bonchev–Trinajstić information content (AvgIpc) is 2.94. The summed E-state index contributed by atoms with van der Waals surface area (Å²) in [5.41, 5.74) is 1.76. The predicted octanol–water partition coefficient (Wildman–Crippen LogP) is 2.96. The number of nitrogens with one attached hydrogen (secondary N) is 1. The van der Waals surface area contributed by atoms with Crippen LogP contribution in [-0.4, -0.2) is 27.2 Å². The highest BCUT2D eigenvalue weighted by molar-refractivity contribution is 5.88. The first kappa shape index (κ1) is 16.7. The summed E-state index contributed by atoms with van der Waals surface area (Å²) in [6, 6.07) is 3.14. The van der Waals surface area contributed by atoms with Crippen molar-refractivity contribution in [3.63, 3.8) is 0 Å². The lowest BCUT2D eigenvalue weighted by Gasteiger charge is -2.34. The maximum absolute atomic E-state index is 12.3. The minimum atomic E-state index is -0.474. The quantitative estimate of drug-likeness (QED) is 0.874. The van der Waals surface area contributed by atoms with E-state index in [0.29, 0.717) is 23.6 Å². The van der Waals surface area contributed by atoms with Gasteiger partial charge in [0.2, 0.25) is 0 Å². The SMILES string of the molecule is CCOC(=O)c1cc2nc(CC3CCC(C)(C)CC3)cc(=O)n2[nH]1. The van der Waals surface area contributed by atoms with E-state index < -0.39 is 5.97 Å². The van der Waals surface area contributed by atoms with Crippen LogP contribution in [-0.2, 0) is 11.2 Å². The van der Waals surface area contributed by atoms with E-state index >= 15 is 0 Å². The standard InChI is InChI=1S/C18H25N3O3/c1-4-24-17(23)14-11-15-19-13(10-16(22)21(15)20-14)9-12-5-7-18(2,3)8-6-12/h10-12,20H,4-9H2,1-3H3. The summed E-state index contributed by atoms with van der Waals surface area (Å²) in [4.78, 5) is 28.6. The van der Waals surface area contributed by atoms with Crippen LogP contribution in [0.5, 0.6) is 0 Å². The molecule has 130 valence electrons. The van der Waals surface area contributed by atoms with Gasteiger partial charge in [-0.1, -0.05) is 13.8 Å². The Hall–Kier alpha value is -2.11. The molecule has 1 N–H and O–H groups in total. The van der Waals surface area contributed by atoms with Gasteiger partial charge in [0.1, 0.15) is 5.69 Å². The van der Waals surface area contributed by atoms with Gasteiger partial charge in [-0.2, -0.15) is 0 Å². The molecule has 0 saturated heterocycles. The molecule has 0 radical (unpaired) electrons. The molecular formula is C18H25N3O3. The van der Waals surface area contributed by atoms with Gasteiger partial charge < -0.3 is 4.74 Å². The first-order chi connectivity index (χ1) is 11.4. The molecule has 1 saturated carbocycles. The number of fused-ring (bicyclic) bond motifs is 1. The van der Waals surface area contributed by atoms with E-state index in [1.54, 1.807) is 19.1 Å². The van der Waals surface area contributed by atoms with E-state index in [9.17, 15) is 9.59 Å². The van der Waals surface area contributed by atoms with Gasteiger partial charge in [-0.25, -0.2) is 14.3 Å². The topological polar surface area (TPSA) is 76.5 Å². The number of carbonyl (C=O) groups excluding carboxylic acids is 1. The maximum atomic E-state index is 12.3. The van der Waals surface area contributed by atoms with E-state index in [4.69, 9.17) is 4.74 Å². The predicted molar refractivity (Wildman–Crippen MR) is 91.2 cm³/mol. The zero-order valence-electron chi connectivity index (χ0n) is 14.6. The smallest absolute Gasteiger partial charge is 0.356 e. The summed E-state index contributed by atoms with van der Waals surface area (Å²) >= 11 is 0.